The maximum absolute atomic E-state index is 12.4. The smallest absolute Gasteiger partial charge is 0.260 e. The zero-order valence-corrected chi connectivity index (χ0v) is 11.6. The molecule has 0 radical (unpaired) electrons. The summed E-state index contributed by atoms with van der Waals surface area (Å²) in [6.07, 6.45) is 0. The molecule has 100 valence electrons. The van der Waals surface area contributed by atoms with Gasteiger partial charge in [0, 0.05) is 17.6 Å². The van der Waals surface area contributed by atoms with Gasteiger partial charge in [0.2, 0.25) is 5.95 Å². The number of H-pyrrole nitrogens is 1. The van der Waals surface area contributed by atoms with Crippen LogP contribution in [0.15, 0.2) is 48.5 Å². The summed E-state index contributed by atoms with van der Waals surface area (Å²) in [6, 6.07) is 14.5. The molecule has 1 N–H and O–H groups in total. The number of imidazole rings is 1. The van der Waals surface area contributed by atoms with Gasteiger partial charge >= 0.3 is 0 Å². The first-order valence-corrected chi connectivity index (χ1v) is 6.51. The summed E-state index contributed by atoms with van der Waals surface area (Å²) in [7, 11) is 1.68. The summed E-state index contributed by atoms with van der Waals surface area (Å²) >= 11 is 5.91. The number of fused-ring (bicyclic) bond motifs is 1. The highest BCUT2D eigenvalue weighted by Crippen LogP contribution is 2.19. The molecule has 0 fully saturated rings. The Balaban J connectivity index is 1.95. The third-order valence-electron chi connectivity index (χ3n) is 3.07. The molecule has 20 heavy (non-hydrogen) atoms. The maximum Gasteiger partial charge on any atom is 0.260 e. The van der Waals surface area contributed by atoms with E-state index in [1.165, 1.54) is 4.90 Å². The van der Waals surface area contributed by atoms with Crippen LogP contribution < -0.4 is 4.90 Å². The van der Waals surface area contributed by atoms with Crippen LogP contribution >= 0.6 is 11.6 Å². The van der Waals surface area contributed by atoms with E-state index in [-0.39, 0.29) is 5.91 Å². The molecule has 1 heterocycles. The Morgan fingerprint density at radius 1 is 1.20 bits per heavy atom. The number of carbonyl (C=O) groups excluding carboxylic acids is 1. The number of amides is 1. The van der Waals surface area contributed by atoms with Gasteiger partial charge in [0.25, 0.3) is 5.91 Å². The lowest BCUT2D eigenvalue weighted by molar-refractivity contribution is 0.0992. The molecular weight excluding hydrogens is 274 g/mol. The van der Waals surface area contributed by atoms with Crippen molar-refractivity contribution in [3.63, 3.8) is 0 Å². The molecule has 1 amide bonds. The summed E-state index contributed by atoms with van der Waals surface area (Å²) in [6.45, 7) is 0. The largest absolute Gasteiger partial charge is 0.324 e. The summed E-state index contributed by atoms with van der Waals surface area (Å²) < 4.78 is 0. The van der Waals surface area contributed by atoms with E-state index in [4.69, 9.17) is 11.6 Å². The van der Waals surface area contributed by atoms with E-state index in [9.17, 15) is 4.79 Å². The fourth-order valence-corrected chi connectivity index (χ4v) is 2.20. The summed E-state index contributed by atoms with van der Waals surface area (Å²) in [5, 5.41) is 0.536. The highest BCUT2D eigenvalue weighted by molar-refractivity contribution is 6.31. The van der Waals surface area contributed by atoms with Crippen molar-refractivity contribution in [3.8, 4) is 0 Å². The minimum atomic E-state index is -0.161. The number of nitrogens with zero attached hydrogens (tertiary/aromatic N) is 2. The van der Waals surface area contributed by atoms with Crippen LogP contribution in [0.2, 0.25) is 5.02 Å². The molecule has 0 saturated carbocycles. The van der Waals surface area contributed by atoms with Gasteiger partial charge in [-0.25, -0.2) is 4.98 Å². The number of rotatable bonds is 2. The molecule has 3 rings (SSSR count). The molecule has 1 aromatic heterocycles. The van der Waals surface area contributed by atoms with E-state index in [2.05, 4.69) is 9.97 Å². The van der Waals surface area contributed by atoms with Gasteiger partial charge in [0.15, 0.2) is 0 Å². The number of halogens is 1. The van der Waals surface area contributed by atoms with Crippen LogP contribution in [-0.4, -0.2) is 22.9 Å². The van der Waals surface area contributed by atoms with E-state index >= 15 is 0 Å². The van der Waals surface area contributed by atoms with Gasteiger partial charge in [-0.2, -0.15) is 0 Å². The SMILES string of the molecule is CN(C(=O)c1cccc(Cl)c1)c1nc2ccccc2[nH]1. The second kappa shape index (κ2) is 4.98. The van der Waals surface area contributed by atoms with E-state index < -0.39 is 0 Å². The van der Waals surface area contributed by atoms with Crippen molar-refractivity contribution in [2.75, 3.05) is 11.9 Å². The molecule has 3 aromatic rings. The number of hydrogen-bond donors (Lipinski definition) is 1. The topological polar surface area (TPSA) is 49.0 Å². The van der Waals surface area contributed by atoms with Crippen LogP contribution in [0.25, 0.3) is 11.0 Å². The van der Waals surface area contributed by atoms with Gasteiger partial charge in [-0.1, -0.05) is 29.8 Å². The lowest BCUT2D eigenvalue weighted by Gasteiger charge is -2.13. The van der Waals surface area contributed by atoms with Gasteiger partial charge in [0.05, 0.1) is 11.0 Å². The lowest BCUT2D eigenvalue weighted by atomic mass is 10.2. The van der Waals surface area contributed by atoms with E-state index in [0.717, 1.165) is 11.0 Å². The monoisotopic (exact) mass is 285 g/mol. The first-order chi connectivity index (χ1) is 9.65. The third-order valence-corrected chi connectivity index (χ3v) is 3.31. The predicted octanol–water partition coefficient (Wildman–Crippen LogP) is 3.49. The van der Waals surface area contributed by atoms with Gasteiger partial charge < -0.3 is 4.98 Å². The van der Waals surface area contributed by atoms with Gasteiger partial charge in [-0.05, 0) is 30.3 Å². The molecule has 0 saturated heterocycles. The van der Waals surface area contributed by atoms with Crippen LogP contribution in [-0.2, 0) is 0 Å². The van der Waals surface area contributed by atoms with Crippen LogP contribution in [0.5, 0.6) is 0 Å². The maximum atomic E-state index is 12.4. The molecular formula is C15H12ClN3O. The quantitative estimate of drug-likeness (QED) is 0.783. The van der Waals surface area contributed by atoms with Gasteiger partial charge in [-0.3, -0.25) is 9.69 Å². The fraction of sp³-hybridized carbons (Fsp3) is 0.0667. The Bertz CT molecular complexity index is 748. The molecule has 2 aromatic carbocycles. The first kappa shape index (κ1) is 12.7. The normalized spacial score (nSPS) is 10.7. The van der Waals surface area contributed by atoms with Gasteiger partial charge in [0.1, 0.15) is 0 Å². The molecule has 0 spiro atoms. The highest BCUT2D eigenvalue weighted by Gasteiger charge is 2.16. The number of benzene rings is 2. The summed E-state index contributed by atoms with van der Waals surface area (Å²) in [5.74, 6) is 0.350. The zero-order chi connectivity index (χ0) is 14.1. The fourth-order valence-electron chi connectivity index (χ4n) is 2.01. The average molecular weight is 286 g/mol. The summed E-state index contributed by atoms with van der Waals surface area (Å²) in [4.78, 5) is 21.4. The minimum absolute atomic E-state index is 0.161. The molecule has 0 atom stereocenters. The van der Waals surface area contributed by atoms with E-state index in [0.29, 0.717) is 16.5 Å². The Morgan fingerprint density at radius 2 is 2.00 bits per heavy atom. The molecule has 5 heteroatoms. The van der Waals surface area contributed by atoms with Crippen molar-refractivity contribution in [3.05, 3.63) is 59.1 Å². The number of para-hydroxylation sites is 2. The predicted molar refractivity (Wildman–Crippen MR) is 80.3 cm³/mol. The zero-order valence-electron chi connectivity index (χ0n) is 10.8. The van der Waals surface area contributed by atoms with Crippen molar-refractivity contribution >= 4 is 34.5 Å². The second-order valence-corrected chi connectivity index (χ2v) is 4.89. The second-order valence-electron chi connectivity index (χ2n) is 4.45. The van der Waals surface area contributed by atoms with Crippen LogP contribution in [0.4, 0.5) is 5.95 Å². The van der Waals surface area contributed by atoms with Crippen LogP contribution in [0.3, 0.4) is 0 Å². The molecule has 0 aliphatic carbocycles. The Kier molecular flexibility index (Phi) is 3.16. The van der Waals surface area contributed by atoms with E-state index in [1.54, 1.807) is 31.3 Å². The summed E-state index contributed by atoms with van der Waals surface area (Å²) in [5.41, 5.74) is 2.25. The Hall–Kier alpha value is -2.33. The number of anilines is 1. The molecule has 0 aliphatic heterocycles. The van der Waals surface area contributed by atoms with E-state index in [1.807, 2.05) is 24.3 Å². The molecule has 4 nitrogen and oxygen atoms in total. The van der Waals surface area contributed by atoms with Crippen molar-refractivity contribution < 1.29 is 4.79 Å². The third kappa shape index (κ3) is 2.26. The number of aromatic nitrogens is 2. The van der Waals surface area contributed by atoms with Crippen molar-refractivity contribution in [1.29, 1.82) is 0 Å². The number of hydrogen-bond acceptors (Lipinski definition) is 2. The lowest BCUT2D eigenvalue weighted by Crippen LogP contribution is -2.27. The Morgan fingerprint density at radius 3 is 2.75 bits per heavy atom. The molecule has 0 aliphatic rings. The molecule has 0 bridgehead atoms. The van der Waals surface area contributed by atoms with Crippen molar-refractivity contribution in [2.24, 2.45) is 0 Å². The van der Waals surface area contributed by atoms with Gasteiger partial charge in [-0.15, -0.1) is 0 Å². The number of nitrogens with one attached hydrogen (secondary N) is 1. The number of carbonyl (C=O) groups is 1. The van der Waals surface area contributed by atoms with Crippen LogP contribution in [0, 0.1) is 0 Å². The molecule has 0 unspecified atom stereocenters. The Labute approximate surface area is 121 Å². The van der Waals surface area contributed by atoms with Crippen molar-refractivity contribution in [1.82, 2.24) is 9.97 Å². The average Bonchev–Trinajstić information content (AvgIpc) is 2.89. The van der Waals surface area contributed by atoms with Crippen molar-refractivity contribution in [2.45, 2.75) is 0 Å². The first-order valence-electron chi connectivity index (χ1n) is 6.13. The highest BCUT2D eigenvalue weighted by atomic mass is 35.5. The van der Waals surface area contributed by atoms with Crippen LogP contribution in [0.1, 0.15) is 10.4 Å². The minimum Gasteiger partial charge on any atom is -0.324 e. The standard InChI is InChI=1S/C15H12ClN3O/c1-19(14(20)10-5-4-6-11(16)9-10)15-17-12-7-2-3-8-13(12)18-15/h2-9H,1H3,(H,17,18). The number of aromatic amines is 1.